The Labute approximate surface area is 503 Å². The highest BCUT2D eigenvalue weighted by molar-refractivity contribution is 5.71. The summed E-state index contributed by atoms with van der Waals surface area (Å²) in [5, 5.41) is 0. The lowest BCUT2D eigenvalue weighted by Gasteiger charge is -2.18. The maximum Gasteiger partial charge on any atom is 0.306 e. The molecule has 0 fully saturated rings. The maximum atomic E-state index is 12.9. The van der Waals surface area contributed by atoms with Gasteiger partial charge in [-0.25, -0.2) is 0 Å². The maximum absolute atomic E-state index is 12.9. The topological polar surface area (TPSA) is 78.9 Å². The minimum atomic E-state index is -0.769. The molecule has 0 spiro atoms. The molecular formula is C75H134O6. The van der Waals surface area contributed by atoms with E-state index in [0.717, 1.165) is 96.3 Å². The molecule has 81 heavy (non-hydrogen) atoms. The molecule has 0 aromatic heterocycles. The fourth-order valence-corrected chi connectivity index (χ4v) is 10.5. The number of carbonyl (C=O) groups excluding carboxylic acids is 3. The number of carbonyl (C=O) groups is 3. The van der Waals surface area contributed by atoms with Crippen LogP contribution in [-0.2, 0) is 28.6 Å². The van der Waals surface area contributed by atoms with Crippen molar-refractivity contribution < 1.29 is 28.6 Å². The highest BCUT2D eigenvalue weighted by atomic mass is 16.6. The molecular weight excluding hydrogens is 997 g/mol. The Balaban J connectivity index is 4.06. The highest BCUT2D eigenvalue weighted by Gasteiger charge is 2.19. The van der Waals surface area contributed by atoms with Crippen LogP contribution in [-0.4, -0.2) is 37.2 Å². The quantitative estimate of drug-likeness (QED) is 0.0261. The zero-order valence-electron chi connectivity index (χ0n) is 54.1. The van der Waals surface area contributed by atoms with E-state index in [1.54, 1.807) is 0 Å². The molecule has 1 atom stereocenters. The number of rotatable bonds is 65. The number of hydrogen-bond acceptors (Lipinski definition) is 6. The van der Waals surface area contributed by atoms with E-state index in [1.165, 1.54) is 231 Å². The van der Waals surface area contributed by atoms with Crippen LogP contribution in [0.25, 0.3) is 0 Å². The van der Waals surface area contributed by atoms with Crippen molar-refractivity contribution in [1.82, 2.24) is 0 Å². The molecule has 0 saturated heterocycles. The smallest absolute Gasteiger partial charge is 0.306 e. The molecule has 0 aliphatic heterocycles. The molecule has 0 saturated carbocycles. The molecule has 0 amide bonds. The van der Waals surface area contributed by atoms with Gasteiger partial charge < -0.3 is 14.2 Å². The number of esters is 3. The molecule has 0 rings (SSSR count). The summed E-state index contributed by atoms with van der Waals surface area (Å²) in [5.41, 5.74) is 0. The minimum absolute atomic E-state index is 0.0677. The van der Waals surface area contributed by atoms with Crippen molar-refractivity contribution in [3.8, 4) is 0 Å². The van der Waals surface area contributed by atoms with Gasteiger partial charge in [0.25, 0.3) is 0 Å². The second-order valence-electron chi connectivity index (χ2n) is 23.8. The van der Waals surface area contributed by atoms with Gasteiger partial charge in [-0.1, -0.05) is 351 Å². The van der Waals surface area contributed by atoms with Gasteiger partial charge in [-0.2, -0.15) is 0 Å². The van der Waals surface area contributed by atoms with Gasteiger partial charge in [-0.15, -0.1) is 0 Å². The van der Waals surface area contributed by atoms with Gasteiger partial charge in [-0.3, -0.25) is 14.4 Å². The molecule has 0 aliphatic carbocycles. The van der Waals surface area contributed by atoms with E-state index in [-0.39, 0.29) is 31.1 Å². The zero-order valence-corrected chi connectivity index (χ0v) is 54.1. The lowest BCUT2D eigenvalue weighted by Crippen LogP contribution is -2.30. The average Bonchev–Trinajstić information content (AvgIpc) is 3.47. The molecule has 0 aromatic rings. The largest absolute Gasteiger partial charge is 0.462 e. The highest BCUT2D eigenvalue weighted by Crippen LogP contribution is 2.18. The average molecular weight is 1130 g/mol. The zero-order chi connectivity index (χ0) is 58.5. The lowest BCUT2D eigenvalue weighted by atomic mass is 10.0. The summed E-state index contributed by atoms with van der Waals surface area (Å²) in [4.78, 5) is 38.3. The Hall–Kier alpha value is -3.15. The van der Waals surface area contributed by atoms with Crippen LogP contribution in [0.15, 0.2) is 72.9 Å². The van der Waals surface area contributed by atoms with E-state index in [9.17, 15) is 14.4 Å². The molecule has 1 unspecified atom stereocenters. The van der Waals surface area contributed by atoms with Crippen LogP contribution in [0.5, 0.6) is 0 Å². The molecule has 0 bridgehead atoms. The van der Waals surface area contributed by atoms with E-state index < -0.39 is 6.10 Å². The Bertz CT molecular complexity index is 1490. The molecule has 0 aliphatic rings. The third kappa shape index (κ3) is 67.5. The minimum Gasteiger partial charge on any atom is -0.462 e. The van der Waals surface area contributed by atoms with Gasteiger partial charge in [0.1, 0.15) is 13.2 Å². The summed E-state index contributed by atoms with van der Waals surface area (Å²) >= 11 is 0. The summed E-state index contributed by atoms with van der Waals surface area (Å²) < 4.78 is 16.9. The lowest BCUT2D eigenvalue weighted by molar-refractivity contribution is -0.167. The Morgan fingerprint density at radius 3 is 0.753 bits per heavy atom. The van der Waals surface area contributed by atoms with Gasteiger partial charge in [0, 0.05) is 19.3 Å². The summed E-state index contributed by atoms with van der Waals surface area (Å²) in [6.07, 6.45) is 90.9. The SMILES string of the molecule is CC/C=C\C/C=C\C/C=C\C/C=C\C/C=C\C/C=C\CCCCCCCCCCCCCCCCCCC(=O)OCC(COC(=O)CCCCCCCCCCC)OC(=O)CCCCCCCCCCCCCCCCCCCCC. The van der Waals surface area contributed by atoms with Crippen LogP contribution in [0.2, 0.25) is 0 Å². The van der Waals surface area contributed by atoms with Crippen LogP contribution in [0.1, 0.15) is 367 Å². The number of ether oxygens (including phenoxy) is 3. The van der Waals surface area contributed by atoms with Crippen LogP contribution in [0.4, 0.5) is 0 Å². The standard InChI is InChI=1S/C75H134O6/c1-4-7-10-13-16-19-21-23-25-27-29-30-31-32-33-34-35-36-37-38-39-40-41-42-43-44-46-47-49-51-53-56-59-62-65-68-74(77)80-71-72(70-79-73(76)67-64-61-58-55-18-15-12-9-6-3)81-75(78)69-66-63-60-57-54-52-50-48-45-28-26-24-22-20-17-14-11-8-5-2/h7,10,16,19,23,25,29-30,32-33,35-36,72H,4-6,8-9,11-15,17-18,20-22,24,26-28,31,34,37-71H2,1-3H3/b10-7-,19-16-,25-23-,30-29-,33-32-,36-35-. The second-order valence-corrected chi connectivity index (χ2v) is 23.8. The molecule has 6 nitrogen and oxygen atoms in total. The van der Waals surface area contributed by atoms with Crippen LogP contribution in [0.3, 0.4) is 0 Å². The molecule has 470 valence electrons. The van der Waals surface area contributed by atoms with Crippen molar-refractivity contribution in [1.29, 1.82) is 0 Å². The monoisotopic (exact) mass is 1130 g/mol. The Kier molecular flexibility index (Phi) is 66.6. The Morgan fingerprint density at radius 2 is 0.481 bits per heavy atom. The third-order valence-electron chi connectivity index (χ3n) is 15.7. The van der Waals surface area contributed by atoms with E-state index in [2.05, 4.69) is 93.7 Å². The number of hydrogen-bond donors (Lipinski definition) is 0. The van der Waals surface area contributed by atoms with Gasteiger partial charge in [0.2, 0.25) is 0 Å². The van der Waals surface area contributed by atoms with Crippen molar-refractivity contribution in [2.45, 2.75) is 374 Å². The normalized spacial score (nSPS) is 12.5. The number of allylic oxidation sites excluding steroid dienone is 12. The van der Waals surface area contributed by atoms with Crippen molar-refractivity contribution >= 4 is 17.9 Å². The van der Waals surface area contributed by atoms with Crippen molar-refractivity contribution in [3.05, 3.63) is 72.9 Å². The summed E-state index contributed by atoms with van der Waals surface area (Å²) in [7, 11) is 0. The van der Waals surface area contributed by atoms with Crippen LogP contribution >= 0.6 is 0 Å². The fraction of sp³-hybridized carbons (Fsp3) is 0.800. The first kappa shape index (κ1) is 77.9. The van der Waals surface area contributed by atoms with E-state index in [1.807, 2.05) is 0 Å². The first-order valence-corrected chi connectivity index (χ1v) is 35.4. The van der Waals surface area contributed by atoms with Crippen LogP contribution < -0.4 is 0 Å². The summed E-state index contributed by atoms with van der Waals surface area (Å²) in [6.45, 7) is 6.56. The van der Waals surface area contributed by atoms with Gasteiger partial charge in [0.05, 0.1) is 0 Å². The molecule has 0 N–H and O–H groups in total. The van der Waals surface area contributed by atoms with Gasteiger partial charge in [-0.05, 0) is 70.6 Å². The van der Waals surface area contributed by atoms with Gasteiger partial charge >= 0.3 is 17.9 Å². The molecule has 0 aromatic carbocycles. The molecule has 0 radical (unpaired) electrons. The predicted octanol–water partition coefficient (Wildman–Crippen LogP) is 24.4. The first-order chi connectivity index (χ1) is 40.0. The number of unbranched alkanes of at least 4 members (excludes halogenated alkanes) is 42. The first-order valence-electron chi connectivity index (χ1n) is 35.4. The third-order valence-corrected chi connectivity index (χ3v) is 15.7. The predicted molar refractivity (Wildman–Crippen MR) is 353 cm³/mol. The van der Waals surface area contributed by atoms with Crippen molar-refractivity contribution in [2.24, 2.45) is 0 Å². The van der Waals surface area contributed by atoms with Gasteiger partial charge in [0.15, 0.2) is 6.10 Å². The van der Waals surface area contributed by atoms with E-state index in [4.69, 9.17) is 14.2 Å². The molecule has 6 heteroatoms. The summed E-state index contributed by atoms with van der Waals surface area (Å²) in [6, 6.07) is 0. The second kappa shape index (κ2) is 69.3. The molecule has 0 heterocycles. The van der Waals surface area contributed by atoms with E-state index in [0.29, 0.717) is 19.3 Å². The van der Waals surface area contributed by atoms with Crippen molar-refractivity contribution in [2.75, 3.05) is 13.2 Å². The van der Waals surface area contributed by atoms with Crippen molar-refractivity contribution in [3.63, 3.8) is 0 Å². The Morgan fingerprint density at radius 1 is 0.259 bits per heavy atom. The van der Waals surface area contributed by atoms with Crippen LogP contribution in [0, 0.1) is 0 Å². The van der Waals surface area contributed by atoms with E-state index >= 15 is 0 Å². The summed E-state index contributed by atoms with van der Waals surface area (Å²) in [5.74, 6) is -0.846. The fourth-order valence-electron chi connectivity index (χ4n) is 10.5.